The average molecular weight is 444 g/mol. The Kier molecular flexibility index (Phi) is 6.83. The van der Waals surface area contributed by atoms with Crippen LogP contribution in [0.25, 0.3) is 0 Å². The quantitative estimate of drug-likeness (QED) is 0.665. The lowest BCUT2D eigenvalue weighted by Gasteiger charge is -2.29. The van der Waals surface area contributed by atoms with Crippen molar-refractivity contribution >= 4 is 28.2 Å². The summed E-state index contributed by atoms with van der Waals surface area (Å²) < 4.78 is 16.2. The topological polar surface area (TPSA) is 110 Å². The number of rotatable bonds is 6. The maximum Gasteiger partial charge on any atom is 0.314 e. The zero-order valence-corrected chi connectivity index (χ0v) is 18.8. The van der Waals surface area contributed by atoms with Gasteiger partial charge in [0.2, 0.25) is 0 Å². The maximum atomic E-state index is 12.4. The Morgan fingerprint density at radius 2 is 1.97 bits per heavy atom. The molecular formula is C22H25N3O5S. The number of nitrogens with zero attached hydrogens (tertiary/aromatic N) is 1. The summed E-state index contributed by atoms with van der Waals surface area (Å²) in [5.41, 5.74) is 1.84. The van der Waals surface area contributed by atoms with Gasteiger partial charge in [0.1, 0.15) is 11.1 Å². The maximum absolute atomic E-state index is 12.4. The third-order valence-corrected chi connectivity index (χ3v) is 6.10. The summed E-state index contributed by atoms with van der Waals surface area (Å²) in [5.74, 6) is -0.341. The minimum Gasteiger partial charge on any atom is -0.493 e. The van der Waals surface area contributed by atoms with E-state index in [9.17, 15) is 14.9 Å². The molecule has 1 aromatic carbocycles. The van der Waals surface area contributed by atoms with Gasteiger partial charge >= 0.3 is 11.8 Å². The first kappa shape index (κ1) is 22.6. The van der Waals surface area contributed by atoms with E-state index < -0.39 is 11.8 Å². The Hall–Kier alpha value is -3.09. The Bertz CT molecular complexity index is 1040. The number of anilines is 1. The van der Waals surface area contributed by atoms with Crippen molar-refractivity contribution in [1.82, 2.24) is 5.32 Å². The largest absolute Gasteiger partial charge is 0.493 e. The van der Waals surface area contributed by atoms with Crippen molar-refractivity contribution in [2.24, 2.45) is 0 Å². The molecule has 0 aliphatic carbocycles. The van der Waals surface area contributed by atoms with Crippen LogP contribution in [-0.4, -0.2) is 38.2 Å². The lowest BCUT2D eigenvalue weighted by Crippen LogP contribution is -2.36. The van der Waals surface area contributed by atoms with Gasteiger partial charge in [-0.2, -0.15) is 5.26 Å². The fraction of sp³-hybridized carbons (Fsp3) is 0.409. The van der Waals surface area contributed by atoms with Crippen LogP contribution >= 0.6 is 11.3 Å². The van der Waals surface area contributed by atoms with Crippen LogP contribution in [0.1, 0.15) is 35.4 Å². The number of benzene rings is 1. The summed E-state index contributed by atoms with van der Waals surface area (Å²) in [6.45, 7) is 4.57. The number of methoxy groups -OCH3 is 2. The van der Waals surface area contributed by atoms with Gasteiger partial charge in [0, 0.05) is 17.8 Å². The zero-order valence-electron chi connectivity index (χ0n) is 18.0. The van der Waals surface area contributed by atoms with Gasteiger partial charge in [-0.3, -0.25) is 9.59 Å². The summed E-state index contributed by atoms with van der Waals surface area (Å²) >= 11 is 1.28. The second-order valence-electron chi connectivity index (χ2n) is 7.69. The molecule has 0 radical (unpaired) electrons. The SMILES string of the molecule is COc1ccc(CCNC(=O)C(=O)Nc2sc3c(c2C#N)CC(C)(C)OC3)cc1OC. The molecule has 0 atom stereocenters. The molecule has 1 aliphatic heterocycles. The fourth-order valence-corrected chi connectivity index (χ4v) is 4.43. The molecule has 0 bridgehead atoms. The number of carbonyl (C=O) groups excluding carboxylic acids is 2. The highest BCUT2D eigenvalue weighted by atomic mass is 32.1. The van der Waals surface area contributed by atoms with Gasteiger partial charge < -0.3 is 24.8 Å². The molecule has 31 heavy (non-hydrogen) atoms. The van der Waals surface area contributed by atoms with Crippen LogP contribution < -0.4 is 20.1 Å². The molecule has 2 aromatic rings. The predicted octanol–water partition coefficient (Wildman–Crippen LogP) is 2.79. The van der Waals surface area contributed by atoms with Crippen molar-refractivity contribution in [1.29, 1.82) is 5.26 Å². The van der Waals surface area contributed by atoms with Crippen LogP contribution in [0.5, 0.6) is 11.5 Å². The van der Waals surface area contributed by atoms with E-state index in [0.717, 1.165) is 16.0 Å². The lowest BCUT2D eigenvalue weighted by atomic mass is 9.93. The van der Waals surface area contributed by atoms with Crippen molar-refractivity contribution < 1.29 is 23.8 Å². The first-order chi connectivity index (χ1) is 14.8. The third-order valence-electron chi connectivity index (χ3n) is 4.98. The predicted molar refractivity (Wildman–Crippen MR) is 116 cm³/mol. The summed E-state index contributed by atoms with van der Waals surface area (Å²) in [7, 11) is 3.12. The van der Waals surface area contributed by atoms with E-state index in [-0.39, 0.29) is 12.1 Å². The van der Waals surface area contributed by atoms with Gasteiger partial charge in [-0.25, -0.2) is 0 Å². The fourth-order valence-electron chi connectivity index (χ4n) is 3.36. The molecule has 0 saturated heterocycles. The van der Waals surface area contributed by atoms with Crippen LogP contribution in [-0.2, 0) is 33.8 Å². The van der Waals surface area contributed by atoms with E-state index in [1.54, 1.807) is 20.3 Å². The molecule has 1 aromatic heterocycles. The second kappa shape index (κ2) is 9.37. The summed E-state index contributed by atoms with van der Waals surface area (Å²) in [4.78, 5) is 25.5. The monoisotopic (exact) mass is 443 g/mol. The highest BCUT2D eigenvalue weighted by molar-refractivity contribution is 7.16. The van der Waals surface area contributed by atoms with E-state index in [4.69, 9.17) is 14.2 Å². The van der Waals surface area contributed by atoms with Crippen LogP contribution in [0.3, 0.4) is 0 Å². The van der Waals surface area contributed by atoms with Gasteiger partial charge in [-0.05, 0) is 43.5 Å². The van der Waals surface area contributed by atoms with Crippen LogP contribution in [0.15, 0.2) is 18.2 Å². The Morgan fingerprint density at radius 3 is 2.65 bits per heavy atom. The van der Waals surface area contributed by atoms with Crippen molar-refractivity contribution in [2.75, 3.05) is 26.1 Å². The Morgan fingerprint density at radius 1 is 1.23 bits per heavy atom. The number of nitriles is 1. The number of thiophene rings is 1. The van der Waals surface area contributed by atoms with Crippen molar-refractivity contribution in [2.45, 2.75) is 38.9 Å². The first-order valence-corrected chi connectivity index (χ1v) is 10.6. The summed E-state index contributed by atoms with van der Waals surface area (Å²) in [6.07, 6.45) is 1.09. The average Bonchev–Trinajstić information content (AvgIpc) is 3.08. The minimum absolute atomic E-state index is 0.274. The van der Waals surface area contributed by atoms with Gasteiger partial charge in [0.25, 0.3) is 0 Å². The Balaban J connectivity index is 1.59. The molecule has 1 aliphatic rings. The van der Waals surface area contributed by atoms with Crippen molar-refractivity contribution in [3.05, 3.63) is 39.8 Å². The molecule has 0 spiro atoms. The van der Waals surface area contributed by atoms with Gasteiger partial charge in [0.05, 0.1) is 32.0 Å². The number of amides is 2. The van der Waals surface area contributed by atoms with E-state index in [2.05, 4.69) is 16.7 Å². The molecule has 2 heterocycles. The molecule has 2 N–H and O–H groups in total. The normalized spacial score (nSPS) is 14.2. The first-order valence-electron chi connectivity index (χ1n) is 9.76. The van der Waals surface area contributed by atoms with Gasteiger partial charge in [0.15, 0.2) is 11.5 Å². The molecule has 8 nitrogen and oxygen atoms in total. The highest BCUT2D eigenvalue weighted by Crippen LogP contribution is 2.39. The van der Waals surface area contributed by atoms with Crippen LogP contribution in [0.2, 0.25) is 0 Å². The second-order valence-corrected chi connectivity index (χ2v) is 8.80. The molecule has 3 rings (SSSR count). The van der Waals surface area contributed by atoms with Gasteiger partial charge in [-0.1, -0.05) is 6.07 Å². The van der Waals surface area contributed by atoms with Crippen LogP contribution in [0, 0.1) is 11.3 Å². The zero-order chi connectivity index (χ0) is 22.6. The third kappa shape index (κ3) is 5.16. The van der Waals surface area contributed by atoms with E-state index in [0.29, 0.717) is 41.5 Å². The molecule has 0 unspecified atom stereocenters. The molecule has 0 fully saturated rings. The smallest absolute Gasteiger partial charge is 0.314 e. The highest BCUT2D eigenvalue weighted by Gasteiger charge is 2.32. The molecule has 2 amide bonds. The number of carbonyl (C=O) groups is 2. The number of ether oxygens (including phenoxy) is 3. The number of hydrogen-bond donors (Lipinski definition) is 2. The summed E-state index contributed by atoms with van der Waals surface area (Å²) in [6, 6.07) is 7.64. The van der Waals surface area contributed by atoms with E-state index >= 15 is 0 Å². The Labute approximate surface area is 185 Å². The van der Waals surface area contributed by atoms with E-state index in [1.807, 2.05) is 26.0 Å². The molecular weight excluding hydrogens is 418 g/mol. The minimum atomic E-state index is -0.803. The van der Waals surface area contributed by atoms with Crippen molar-refractivity contribution in [3.8, 4) is 17.6 Å². The lowest BCUT2D eigenvalue weighted by molar-refractivity contribution is -0.136. The van der Waals surface area contributed by atoms with E-state index in [1.165, 1.54) is 11.3 Å². The molecule has 164 valence electrons. The van der Waals surface area contributed by atoms with Crippen LogP contribution in [0.4, 0.5) is 5.00 Å². The molecule has 9 heteroatoms. The van der Waals surface area contributed by atoms with Crippen molar-refractivity contribution in [3.63, 3.8) is 0 Å². The summed E-state index contributed by atoms with van der Waals surface area (Å²) in [5, 5.41) is 15.1. The number of nitrogens with one attached hydrogen (secondary N) is 2. The standard InChI is InChI=1S/C22H25N3O5S/c1-22(2)10-14-15(11-23)21(31-18(14)12-30-22)25-20(27)19(26)24-8-7-13-5-6-16(28-3)17(9-13)29-4/h5-6,9H,7-8,10,12H2,1-4H3,(H,24,26)(H,25,27). The number of hydrogen-bond acceptors (Lipinski definition) is 7. The molecule has 0 saturated carbocycles. The van der Waals surface area contributed by atoms with Gasteiger partial charge in [-0.15, -0.1) is 11.3 Å². The number of fused-ring (bicyclic) bond motifs is 1.